The largest absolute Gasteiger partial charge is 0.497 e. The van der Waals surface area contributed by atoms with Crippen LogP contribution in [0.15, 0.2) is 59.9 Å². The molecule has 0 bridgehead atoms. The second-order valence-corrected chi connectivity index (χ2v) is 6.53. The van der Waals surface area contributed by atoms with Gasteiger partial charge in [0.2, 0.25) is 0 Å². The minimum atomic E-state index is 0.716. The molecule has 25 heavy (non-hydrogen) atoms. The Morgan fingerprint density at radius 2 is 1.88 bits per heavy atom. The van der Waals surface area contributed by atoms with Gasteiger partial charge < -0.3 is 4.74 Å². The van der Waals surface area contributed by atoms with Gasteiger partial charge >= 0.3 is 0 Å². The maximum atomic E-state index is 5.26. The fourth-order valence-corrected chi connectivity index (χ4v) is 3.59. The van der Waals surface area contributed by atoms with E-state index in [2.05, 4.69) is 20.9 Å². The van der Waals surface area contributed by atoms with Crippen molar-refractivity contribution in [1.82, 2.24) is 24.5 Å². The van der Waals surface area contributed by atoms with Gasteiger partial charge in [0.25, 0.3) is 0 Å². The molecule has 0 aliphatic rings. The maximum absolute atomic E-state index is 5.26. The van der Waals surface area contributed by atoms with E-state index in [9.17, 15) is 0 Å². The molecule has 0 amide bonds. The van der Waals surface area contributed by atoms with Crippen molar-refractivity contribution in [3.05, 3.63) is 60.4 Å². The third-order valence-electron chi connectivity index (χ3n) is 3.86. The Hall–Kier alpha value is -2.80. The molecular formula is C18H17N5OS. The van der Waals surface area contributed by atoms with Gasteiger partial charge in [-0.1, -0.05) is 29.1 Å². The highest BCUT2D eigenvalue weighted by Gasteiger charge is 2.13. The molecule has 0 unspecified atom stereocenters. The smallest absolute Gasteiger partial charge is 0.174 e. The summed E-state index contributed by atoms with van der Waals surface area (Å²) in [5.41, 5.74) is 4.03. The summed E-state index contributed by atoms with van der Waals surface area (Å²) in [4.78, 5) is 4.79. The first-order valence-electron chi connectivity index (χ1n) is 7.84. The van der Waals surface area contributed by atoms with Gasteiger partial charge in [0, 0.05) is 24.7 Å². The van der Waals surface area contributed by atoms with Crippen LogP contribution in [0.25, 0.3) is 16.7 Å². The van der Waals surface area contributed by atoms with Gasteiger partial charge in [-0.05, 0) is 36.4 Å². The molecule has 0 radical (unpaired) electrons. The minimum Gasteiger partial charge on any atom is -0.497 e. The van der Waals surface area contributed by atoms with Crippen molar-refractivity contribution in [1.29, 1.82) is 0 Å². The number of thioether (sulfide) groups is 1. The lowest BCUT2D eigenvalue weighted by molar-refractivity contribution is 0.414. The van der Waals surface area contributed by atoms with Crippen LogP contribution in [0.1, 0.15) is 5.69 Å². The lowest BCUT2D eigenvalue weighted by atomic mass is 10.2. The van der Waals surface area contributed by atoms with Crippen LogP contribution in [0.3, 0.4) is 0 Å². The molecule has 0 spiro atoms. The molecule has 6 nitrogen and oxygen atoms in total. The molecule has 7 heteroatoms. The van der Waals surface area contributed by atoms with Crippen LogP contribution in [-0.2, 0) is 12.8 Å². The summed E-state index contributed by atoms with van der Waals surface area (Å²) in [6.45, 7) is 0. The molecule has 0 atom stereocenters. The van der Waals surface area contributed by atoms with Gasteiger partial charge in [0.15, 0.2) is 5.16 Å². The number of hydrogen-bond donors (Lipinski definition) is 0. The standard InChI is InChI=1S/C18H17N5OS/c1-22-11-13(20-21-22)12-25-18-19-16-5-3-4-6-17(16)23(18)14-7-9-15(24-2)10-8-14/h3-11H,12H2,1-2H3. The first-order valence-corrected chi connectivity index (χ1v) is 8.83. The molecule has 2 aromatic heterocycles. The first-order chi connectivity index (χ1) is 12.2. The van der Waals surface area contributed by atoms with E-state index >= 15 is 0 Å². The number of ether oxygens (including phenoxy) is 1. The number of benzene rings is 2. The Bertz CT molecular complexity index is 1010. The van der Waals surface area contributed by atoms with E-state index in [1.54, 1.807) is 23.6 Å². The van der Waals surface area contributed by atoms with E-state index in [0.29, 0.717) is 5.75 Å². The number of nitrogens with zero attached hydrogens (tertiary/aromatic N) is 5. The second-order valence-electron chi connectivity index (χ2n) is 5.59. The number of para-hydroxylation sites is 2. The van der Waals surface area contributed by atoms with Gasteiger partial charge in [-0.2, -0.15) is 0 Å². The van der Waals surface area contributed by atoms with Gasteiger partial charge in [0.05, 0.1) is 23.8 Å². The SMILES string of the molecule is COc1ccc(-n2c(SCc3cn(C)nn3)nc3ccccc32)cc1. The van der Waals surface area contributed by atoms with E-state index in [4.69, 9.17) is 9.72 Å². The summed E-state index contributed by atoms with van der Waals surface area (Å²) >= 11 is 1.65. The molecule has 126 valence electrons. The number of hydrogen-bond acceptors (Lipinski definition) is 5. The summed E-state index contributed by atoms with van der Waals surface area (Å²) in [6.07, 6.45) is 1.92. The molecule has 4 rings (SSSR count). The Morgan fingerprint density at radius 3 is 2.60 bits per heavy atom. The molecule has 0 N–H and O–H groups in total. The van der Waals surface area contributed by atoms with Crippen molar-refractivity contribution in [2.24, 2.45) is 7.05 Å². The highest BCUT2D eigenvalue weighted by molar-refractivity contribution is 7.98. The number of imidazole rings is 1. The quantitative estimate of drug-likeness (QED) is 0.516. The monoisotopic (exact) mass is 351 g/mol. The molecule has 2 aromatic carbocycles. The van der Waals surface area contributed by atoms with Crippen molar-refractivity contribution >= 4 is 22.8 Å². The third kappa shape index (κ3) is 3.10. The van der Waals surface area contributed by atoms with Crippen molar-refractivity contribution in [3.63, 3.8) is 0 Å². The third-order valence-corrected chi connectivity index (χ3v) is 4.83. The van der Waals surface area contributed by atoms with Gasteiger partial charge in [-0.15, -0.1) is 5.10 Å². The summed E-state index contributed by atoms with van der Waals surface area (Å²) in [7, 11) is 3.54. The zero-order valence-electron chi connectivity index (χ0n) is 14.0. The van der Waals surface area contributed by atoms with Crippen molar-refractivity contribution in [2.75, 3.05) is 7.11 Å². The molecular weight excluding hydrogens is 334 g/mol. The molecule has 2 heterocycles. The lowest BCUT2D eigenvalue weighted by Crippen LogP contribution is -1.97. The minimum absolute atomic E-state index is 0.716. The van der Waals surface area contributed by atoms with E-state index in [1.807, 2.05) is 55.7 Å². The van der Waals surface area contributed by atoms with Crippen molar-refractivity contribution in [2.45, 2.75) is 10.9 Å². The molecule has 0 fully saturated rings. The van der Waals surface area contributed by atoms with Crippen molar-refractivity contribution in [3.8, 4) is 11.4 Å². The summed E-state index contributed by atoms with van der Waals surface area (Å²) < 4.78 is 9.14. The van der Waals surface area contributed by atoms with E-state index in [-0.39, 0.29) is 0 Å². The topological polar surface area (TPSA) is 57.8 Å². The normalized spacial score (nSPS) is 11.1. The van der Waals surface area contributed by atoms with E-state index < -0.39 is 0 Å². The van der Waals surface area contributed by atoms with Crippen molar-refractivity contribution < 1.29 is 4.74 Å². The average Bonchev–Trinajstić information content (AvgIpc) is 3.23. The molecule has 0 aliphatic carbocycles. The van der Waals surface area contributed by atoms with Crippen LogP contribution < -0.4 is 4.74 Å². The Balaban J connectivity index is 1.74. The Morgan fingerprint density at radius 1 is 1.08 bits per heavy atom. The molecule has 0 saturated heterocycles. The molecule has 4 aromatic rings. The van der Waals surface area contributed by atoms with Crippen LogP contribution in [-0.4, -0.2) is 31.7 Å². The summed E-state index contributed by atoms with van der Waals surface area (Å²) in [6, 6.07) is 16.1. The lowest BCUT2D eigenvalue weighted by Gasteiger charge is -2.09. The van der Waals surface area contributed by atoms with Crippen LogP contribution in [0.4, 0.5) is 0 Å². The Kier molecular flexibility index (Phi) is 4.15. The average molecular weight is 351 g/mol. The second kappa shape index (κ2) is 6.60. The predicted molar refractivity (Wildman–Crippen MR) is 98.2 cm³/mol. The number of fused-ring (bicyclic) bond motifs is 1. The summed E-state index contributed by atoms with van der Waals surface area (Å²) in [5.74, 6) is 1.55. The zero-order chi connectivity index (χ0) is 17.2. The number of aryl methyl sites for hydroxylation is 1. The fourth-order valence-electron chi connectivity index (χ4n) is 2.68. The van der Waals surface area contributed by atoms with E-state index in [0.717, 1.165) is 33.3 Å². The number of methoxy groups -OCH3 is 1. The highest BCUT2D eigenvalue weighted by Crippen LogP contribution is 2.30. The van der Waals surface area contributed by atoms with Gasteiger partial charge in [-0.25, -0.2) is 4.98 Å². The van der Waals surface area contributed by atoms with E-state index in [1.165, 1.54) is 0 Å². The highest BCUT2D eigenvalue weighted by atomic mass is 32.2. The number of rotatable bonds is 5. The van der Waals surface area contributed by atoms with Crippen LogP contribution in [0.2, 0.25) is 0 Å². The fraction of sp³-hybridized carbons (Fsp3) is 0.167. The summed E-state index contributed by atoms with van der Waals surface area (Å²) in [5, 5.41) is 9.06. The first kappa shape index (κ1) is 15.7. The Labute approximate surface area is 149 Å². The molecule has 0 saturated carbocycles. The van der Waals surface area contributed by atoms with Gasteiger partial charge in [0.1, 0.15) is 5.75 Å². The van der Waals surface area contributed by atoms with Crippen LogP contribution >= 0.6 is 11.8 Å². The van der Waals surface area contributed by atoms with Crippen LogP contribution in [0.5, 0.6) is 5.75 Å². The predicted octanol–water partition coefficient (Wildman–Crippen LogP) is 3.45. The molecule has 0 aliphatic heterocycles. The number of aromatic nitrogens is 5. The van der Waals surface area contributed by atoms with Crippen LogP contribution in [0, 0.1) is 0 Å². The maximum Gasteiger partial charge on any atom is 0.174 e. The van der Waals surface area contributed by atoms with Gasteiger partial charge in [-0.3, -0.25) is 9.25 Å². The zero-order valence-corrected chi connectivity index (χ0v) is 14.8.